The maximum Gasteiger partial charge on any atom is 0.209 e. The van der Waals surface area contributed by atoms with Crippen LogP contribution >= 0.6 is 0 Å². The minimum absolute atomic E-state index is 0.0797. The molecule has 1 saturated heterocycles. The Morgan fingerprint density at radius 3 is 1.85 bits per heavy atom. The van der Waals surface area contributed by atoms with Gasteiger partial charge in [0.05, 0.1) is 37.6 Å². The van der Waals surface area contributed by atoms with Crippen molar-refractivity contribution in [1.29, 1.82) is 0 Å². The highest BCUT2D eigenvalue weighted by Gasteiger charge is 2.45. The summed E-state index contributed by atoms with van der Waals surface area (Å²) in [7, 11) is 0. The van der Waals surface area contributed by atoms with E-state index in [9.17, 15) is 45.3 Å². The molecule has 0 saturated carbocycles. The lowest BCUT2D eigenvalue weighted by Crippen LogP contribution is -2.60. The van der Waals surface area contributed by atoms with Crippen LogP contribution in [0.5, 0.6) is 0 Å². The Labute approximate surface area is 236 Å². The van der Waals surface area contributed by atoms with E-state index in [2.05, 4.69) is 0 Å². The van der Waals surface area contributed by atoms with Crippen LogP contribution in [0, 0.1) is 17.8 Å². The number of ether oxygens (including phenoxy) is 4. The number of hydrogen-bond acceptors (Lipinski definition) is 13. The van der Waals surface area contributed by atoms with Crippen molar-refractivity contribution in [1.82, 2.24) is 0 Å². The van der Waals surface area contributed by atoms with Crippen molar-refractivity contribution < 1.29 is 64.3 Å². The van der Waals surface area contributed by atoms with Gasteiger partial charge in [-0.15, -0.1) is 0 Å². The molecule has 0 aromatic carbocycles. The van der Waals surface area contributed by atoms with Gasteiger partial charge in [0.25, 0.3) is 0 Å². The second kappa shape index (κ2) is 17.1. The molecule has 13 nitrogen and oxygen atoms in total. The first-order valence-corrected chi connectivity index (χ1v) is 13.8. The normalized spacial score (nSPS) is 29.1. The Morgan fingerprint density at radius 1 is 0.850 bits per heavy atom. The van der Waals surface area contributed by atoms with Crippen LogP contribution in [0.25, 0.3) is 0 Å². The monoisotopic (exact) mass is 582 g/mol. The molecule has 0 aromatic heterocycles. The van der Waals surface area contributed by atoms with E-state index < -0.39 is 86.0 Å². The molecule has 1 fully saturated rings. The van der Waals surface area contributed by atoms with Crippen LogP contribution in [0.1, 0.15) is 61.3 Å². The molecule has 12 atom stereocenters. The number of aliphatic hydroxyl groups excluding tert-OH is 6. The third-order valence-corrected chi connectivity index (χ3v) is 7.53. The third kappa shape index (κ3) is 10.3. The second-order valence-corrected chi connectivity index (χ2v) is 11.0. The van der Waals surface area contributed by atoms with Crippen molar-refractivity contribution in [2.24, 2.45) is 17.8 Å². The van der Waals surface area contributed by atoms with Gasteiger partial charge in [-0.1, -0.05) is 27.7 Å². The Hall–Kier alpha value is -1.10. The zero-order valence-corrected chi connectivity index (χ0v) is 24.5. The van der Waals surface area contributed by atoms with E-state index >= 15 is 0 Å². The van der Waals surface area contributed by atoms with Gasteiger partial charge in [-0.05, 0) is 39.5 Å². The molecule has 1 aliphatic heterocycles. The number of aliphatic hydroxyl groups is 7. The van der Waals surface area contributed by atoms with Gasteiger partial charge in [0.15, 0.2) is 0 Å². The summed E-state index contributed by atoms with van der Waals surface area (Å²) in [6.07, 6.45) is -14.2. The van der Waals surface area contributed by atoms with E-state index in [1.54, 1.807) is 27.7 Å². The average molecular weight is 583 g/mol. The SMILES string of the molecule is CCC(OCC1OC(C(C)C)C(O)C(O)C1O)[C@@H](C[C@H](C(C)=O)C(C)C(C)=O)OC(OC(CO)[C@H](C)O)C(O)O. The van der Waals surface area contributed by atoms with Gasteiger partial charge in [0, 0.05) is 11.8 Å². The summed E-state index contributed by atoms with van der Waals surface area (Å²) >= 11 is 0. The molecular formula is C27H50O13. The second-order valence-electron chi connectivity index (χ2n) is 11.0. The number of carbonyl (C=O) groups is 2. The Morgan fingerprint density at radius 2 is 1.43 bits per heavy atom. The van der Waals surface area contributed by atoms with Crippen molar-refractivity contribution in [3.8, 4) is 0 Å². The van der Waals surface area contributed by atoms with E-state index in [0.717, 1.165) is 0 Å². The van der Waals surface area contributed by atoms with Gasteiger partial charge < -0.3 is 54.7 Å². The number of ketones is 2. The zero-order valence-electron chi connectivity index (χ0n) is 24.5. The summed E-state index contributed by atoms with van der Waals surface area (Å²) in [5.41, 5.74) is 0. The Bertz CT molecular complexity index is 761. The average Bonchev–Trinajstić information content (AvgIpc) is 2.87. The minimum Gasteiger partial charge on any atom is -0.394 e. The summed E-state index contributed by atoms with van der Waals surface area (Å²) in [6.45, 7) is 10.0. The van der Waals surface area contributed by atoms with Gasteiger partial charge in [-0.3, -0.25) is 9.59 Å². The predicted octanol–water partition coefficient (Wildman–Crippen LogP) is -1.11. The molecule has 13 heteroatoms. The van der Waals surface area contributed by atoms with Crippen molar-refractivity contribution in [2.75, 3.05) is 13.2 Å². The molecule has 0 spiro atoms. The lowest BCUT2D eigenvalue weighted by molar-refractivity contribution is -0.306. The highest BCUT2D eigenvalue weighted by molar-refractivity contribution is 5.87. The first-order valence-electron chi connectivity index (χ1n) is 13.8. The number of Topliss-reactive ketones (excluding diaryl/α,β-unsaturated/α-hetero) is 2. The van der Waals surface area contributed by atoms with Crippen molar-refractivity contribution in [3.63, 3.8) is 0 Å². The van der Waals surface area contributed by atoms with E-state index in [-0.39, 0.29) is 36.9 Å². The molecule has 1 rings (SSSR count). The summed E-state index contributed by atoms with van der Waals surface area (Å²) in [4.78, 5) is 24.7. The van der Waals surface area contributed by atoms with Crippen LogP contribution in [0.4, 0.5) is 0 Å². The molecule has 7 N–H and O–H groups in total. The largest absolute Gasteiger partial charge is 0.394 e. The topological polar surface area (TPSA) is 213 Å². The number of hydrogen-bond donors (Lipinski definition) is 7. The Balaban J connectivity index is 3.28. The molecule has 0 aromatic rings. The van der Waals surface area contributed by atoms with Crippen LogP contribution in [0.2, 0.25) is 0 Å². The van der Waals surface area contributed by atoms with Gasteiger partial charge in [-0.2, -0.15) is 0 Å². The van der Waals surface area contributed by atoms with Crippen LogP contribution in [0.15, 0.2) is 0 Å². The van der Waals surface area contributed by atoms with Gasteiger partial charge in [-0.25, -0.2) is 0 Å². The maximum atomic E-state index is 12.5. The molecule has 1 aliphatic rings. The summed E-state index contributed by atoms with van der Waals surface area (Å²) < 4.78 is 23.2. The van der Waals surface area contributed by atoms with E-state index in [1.165, 1.54) is 20.8 Å². The first-order chi connectivity index (χ1) is 18.6. The third-order valence-electron chi connectivity index (χ3n) is 7.53. The van der Waals surface area contributed by atoms with E-state index in [1.807, 2.05) is 0 Å². The molecule has 0 amide bonds. The first kappa shape index (κ1) is 36.9. The lowest BCUT2D eigenvalue weighted by Gasteiger charge is -2.43. The van der Waals surface area contributed by atoms with Crippen LogP contribution in [0.3, 0.4) is 0 Å². The van der Waals surface area contributed by atoms with Crippen molar-refractivity contribution >= 4 is 11.6 Å². The lowest BCUT2D eigenvalue weighted by atomic mass is 9.82. The number of carbonyl (C=O) groups excluding carboxylic acids is 2. The fourth-order valence-corrected chi connectivity index (χ4v) is 4.75. The molecule has 0 radical (unpaired) electrons. The van der Waals surface area contributed by atoms with Gasteiger partial charge in [0.2, 0.25) is 12.6 Å². The summed E-state index contributed by atoms with van der Waals surface area (Å²) in [5, 5.41) is 70.5. The molecule has 236 valence electrons. The van der Waals surface area contributed by atoms with Gasteiger partial charge >= 0.3 is 0 Å². The van der Waals surface area contributed by atoms with Crippen molar-refractivity contribution in [3.05, 3.63) is 0 Å². The molecule has 1 heterocycles. The fourth-order valence-electron chi connectivity index (χ4n) is 4.75. The van der Waals surface area contributed by atoms with Gasteiger partial charge in [0.1, 0.15) is 42.1 Å². The molecule has 0 aliphatic carbocycles. The highest BCUT2D eigenvalue weighted by Crippen LogP contribution is 2.29. The maximum absolute atomic E-state index is 12.5. The molecular weight excluding hydrogens is 532 g/mol. The zero-order chi connectivity index (χ0) is 30.9. The van der Waals surface area contributed by atoms with Crippen LogP contribution in [-0.2, 0) is 28.5 Å². The Kier molecular flexibility index (Phi) is 15.8. The fraction of sp³-hybridized carbons (Fsp3) is 0.926. The molecule has 9 unspecified atom stereocenters. The van der Waals surface area contributed by atoms with Crippen LogP contribution in [-0.4, -0.2) is 128 Å². The van der Waals surface area contributed by atoms with E-state index in [0.29, 0.717) is 0 Å². The summed E-state index contributed by atoms with van der Waals surface area (Å²) in [6, 6.07) is 0. The number of rotatable bonds is 18. The minimum atomic E-state index is -2.21. The predicted molar refractivity (Wildman–Crippen MR) is 141 cm³/mol. The smallest absolute Gasteiger partial charge is 0.209 e. The van der Waals surface area contributed by atoms with Crippen molar-refractivity contribution in [2.45, 2.75) is 129 Å². The molecule has 40 heavy (non-hydrogen) atoms. The van der Waals surface area contributed by atoms with Crippen LogP contribution < -0.4 is 0 Å². The summed E-state index contributed by atoms with van der Waals surface area (Å²) in [5.74, 6) is -2.22. The standard InChI is InChI=1S/C27H50O13/c1-8-18(37-11-21-22(32)23(33)24(34)25(38-21)12(2)3)19(9-17(15(6)30)13(4)14(5)29)39-27(26(35)36)40-20(10-28)16(7)31/h12-13,16-28,31-36H,8-11H2,1-7H3/t13?,16-,17-,18?,19+,20?,21?,22?,23?,24?,25?,27?/m0/s1. The molecule has 0 bridgehead atoms. The quantitative estimate of drug-likeness (QED) is 0.0956. The van der Waals surface area contributed by atoms with E-state index in [4.69, 9.17) is 18.9 Å². The highest BCUT2D eigenvalue weighted by atomic mass is 16.7.